The van der Waals surface area contributed by atoms with Crippen molar-refractivity contribution >= 4 is 23.0 Å². The minimum atomic E-state index is 0.875. The van der Waals surface area contributed by atoms with Crippen molar-refractivity contribution in [1.29, 1.82) is 0 Å². The van der Waals surface area contributed by atoms with Crippen LogP contribution in [-0.2, 0) is 0 Å². The molecule has 1 heterocycles. The van der Waals surface area contributed by atoms with E-state index in [-0.39, 0.29) is 0 Å². The van der Waals surface area contributed by atoms with Crippen molar-refractivity contribution in [2.45, 2.75) is 12.8 Å². The van der Waals surface area contributed by atoms with Crippen molar-refractivity contribution in [3.8, 4) is 0 Å². The van der Waals surface area contributed by atoms with Gasteiger partial charge in [0.1, 0.15) is 0 Å². The Balaban J connectivity index is 1.93. The zero-order valence-electron chi connectivity index (χ0n) is 8.67. The standard InChI is InChI=1S/C12H15ClN2/c13-10-2-1-3-11-12(10)15(7-6-14-11)8-9-4-5-9/h1-3,9,14H,4-8H2. The molecule has 1 saturated carbocycles. The molecule has 2 nitrogen and oxygen atoms in total. The lowest BCUT2D eigenvalue weighted by atomic mass is 10.2. The number of fused-ring (bicyclic) bond motifs is 1. The van der Waals surface area contributed by atoms with E-state index in [1.54, 1.807) is 0 Å². The minimum Gasteiger partial charge on any atom is -0.382 e. The lowest BCUT2D eigenvalue weighted by Gasteiger charge is -2.32. The van der Waals surface area contributed by atoms with Crippen LogP contribution in [0, 0.1) is 5.92 Å². The van der Waals surface area contributed by atoms with Crippen LogP contribution in [0.1, 0.15) is 12.8 Å². The maximum Gasteiger partial charge on any atom is 0.0791 e. The van der Waals surface area contributed by atoms with Gasteiger partial charge in [-0.1, -0.05) is 17.7 Å². The molecular weight excluding hydrogens is 208 g/mol. The SMILES string of the molecule is Clc1cccc2c1N(CC1CC1)CCN2. The Morgan fingerprint density at radius 2 is 2.27 bits per heavy atom. The highest BCUT2D eigenvalue weighted by atomic mass is 35.5. The fourth-order valence-corrected chi connectivity index (χ4v) is 2.51. The zero-order valence-corrected chi connectivity index (χ0v) is 9.43. The summed E-state index contributed by atoms with van der Waals surface area (Å²) in [7, 11) is 0. The zero-order chi connectivity index (χ0) is 10.3. The van der Waals surface area contributed by atoms with E-state index >= 15 is 0 Å². The predicted molar refractivity (Wildman–Crippen MR) is 64.9 cm³/mol. The Morgan fingerprint density at radius 1 is 1.40 bits per heavy atom. The van der Waals surface area contributed by atoms with Crippen molar-refractivity contribution in [3.63, 3.8) is 0 Å². The monoisotopic (exact) mass is 222 g/mol. The molecule has 0 atom stereocenters. The van der Waals surface area contributed by atoms with Gasteiger partial charge in [0.25, 0.3) is 0 Å². The molecule has 1 N–H and O–H groups in total. The quantitative estimate of drug-likeness (QED) is 0.828. The number of hydrogen-bond acceptors (Lipinski definition) is 2. The molecule has 0 amide bonds. The first-order chi connectivity index (χ1) is 7.34. The Kier molecular flexibility index (Phi) is 2.24. The number of nitrogens with one attached hydrogen (secondary N) is 1. The molecule has 0 bridgehead atoms. The van der Waals surface area contributed by atoms with Gasteiger partial charge in [0.05, 0.1) is 16.4 Å². The van der Waals surface area contributed by atoms with E-state index in [4.69, 9.17) is 11.6 Å². The summed E-state index contributed by atoms with van der Waals surface area (Å²) in [5.41, 5.74) is 2.40. The number of anilines is 2. The number of benzene rings is 1. The summed E-state index contributed by atoms with van der Waals surface area (Å²) in [6.45, 7) is 3.28. The Morgan fingerprint density at radius 3 is 3.07 bits per heavy atom. The van der Waals surface area contributed by atoms with Crippen LogP contribution >= 0.6 is 11.6 Å². The third-order valence-electron chi connectivity index (χ3n) is 3.18. The van der Waals surface area contributed by atoms with Crippen molar-refractivity contribution in [2.24, 2.45) is 5.92 Å². The van der Waals surface area contributed by atoms with E-state index in [2.05, 4.69) is 16.3 Å². The second-order valence-electron chi connectivity index (χ2n) is 4.45. The lowest BCUT2D eigenvalue weighted by molar-refractivity contribution is 0.719. The van der Waals surface area contributed by atoms with Crippen molar-refractivity contribution in [1.82, 2.24) is 0 Å². The van der Waals surface area contributed by atoms with Crippen LogP contribution in [0.2, 0.25) is 5.02 Å². The maximum atomic E-state index is 6.26. The van der Waals surface area contributed by atoms with Crippen LogP contribution < -0.4 is 10.2 Å². The molecule has 1 aliphatic heterocycles. The van der Waals surface area contributed by atoms with Gasteiger partial charge in [-0.3, -0.25) is 0 Å². The molecule has 0 saturated heterocycles. The summed E-state index contributed by atoms with van der Waals surface area (Å²) < 4.78 is 0. The molecule has 1 aliphatic carbocycles. The number of hydrogen-bond donors (Lipinski definition) is 1. The topological polar surface area (TPSA) is 15.3 Å². The highest BCUT2D eigenvalue weighted by molar-refractivity contribution is 6.34. The normalized spacial score (nSPS) is 19.7. The third kappa shape index (κ3) is 1.78. The molecule has 0 radical (unpaired) electrons. The lowest BCUT2D eigenvalue weighted by Crippen LogP contribution is -2.35. The van der Waals surface area contributed by atoms with Gasteiger partial charge in [-0.25, -0.2) is 0 Å². The number of nitrogens with zero attached hydrogens (tertiary/aromatic N) is 1. The molecule has 1 aromatic carbocycles. The molecule has 80 valence electrons. The van der Waals surface area contributed by atoms with Crippen LogP contribution in [0.3, 0.4) is 0 Å². The summed E-state index contributed by atoms with van der Waals surface area (Å²) in [5.74, 6) is 0.909. The summed E-state index contributed by atoms with van der Waals surface area (Å²) in [6.07, 6.45) is 2.79. The van der Waals surface area contributed by atoms with Gasteiger partial charge in [-0.05, 0) is 30.9 Å². The minimum absolute atomic E-state index is 0.875. The second-order valence-corrected chi connectivity index (χ2v) is 4.86. The van der Waals surface area contributed by atoms with E-state index in [0.717, 1.165) is 24.0 Å². The second kappa shape index (κ2) is 3.60. The molecule has 0 unspecified atom stereocenters. The number of para-hydroxylation sites is 1. The van der Waals surface area contributed by atoms with E-state index in [1.807, 2.05) is 12.1 Å². The number of halogens is 1. The molecule has 0 aromatic heterocycles. The van der Waals surface area contributed by atoms with Crippen LogP contribution in [0.4, 0.5) is 11.4 Å². The van der Waals surface area contributed by atoms with Gasteiger partial charge in [-0.15, -0.1) is 0 Å². The Bertz CT molecular complexity index is 374. The van der Waals surface area contributed by atoms with Gasteiger partial charge in [0.15, 0.2) is 0 Å². The van der Waals surface area contributed by atoms with Crippen molar-refractivity contribution in [2.75, 3.05) is 29.9 Å². The Hall–Kier alpha value is -0.890. The van der Waals surface area contributed by atoms with Crippen LogP contribution in [0.5, 0.6) is 0 Å². The van der Waals surface area contributed by atoms with Crippen LogP contribution in [0.25, 0.3) is 0 Å². The first-order valence-corrected chi connectivity index (χ1v) is 6.00. The number of rotatable bonds is 2. The molecule has 3 rings (SSSR count). The third-order valence-corrected chi connectivity index (χ3v) is 3.48. The van der Waals surface area contributed by atoms with Gasteiger partial charge in [0, 0.05) is 19.6 Å². The smallest absolute Gasteiger partial charge is 0.0791 e. The highest BCUT2D eigenvalue weighted by Crippen LogP contribution is 2.39. The van der Waals surface area contributed by atoms with Crippen LogP contribution in [-0.4, -0.2) is 19.6 Å². The van der Waals surface area contributed by atoms with Gasteiger partial charge in [0.2, 0.25) is 0 Å². The van der Waals surface area contributed by atoms with E-state index in [0.29, 0.717) is 0 Å². The van der Waals surface area contributed by atoms with Gasteiger partial charge >= 0.3 is 0 Å². The molecule has 3 heteroatoms. The predicted octanol–water partition coefficient (Wildman–Crippen LogP) is 2.98. The van der Waals surface area contributed by atoms with Gasteiger partial charge < -0.3 is 10.2 Å². The van der Waals surface area contributed by atoms with Crippen LogP contribution in [0.15, 0.2) is 18.2 Å². The summed E-state index contributed by atoms with van der Waals surface area (Å²) in [4.78, 5) is 2.44. The van der Waals surface area contributed by atoms with Crippen molar-refractivity contribution in [3.05, 3.63) is 23.2 Å². The molecular formula is C12H15ClN2. The first-order valence-electron chi connectivity index (χ1n) is 5.62. The van der Waals surface area contributed by atoms with Crippen molar-refractivity contribution < 1.29 is 0 Å². The maximum absolute atomic E-state index is 6.26. The molecule has 15 heavy (non-hydrogen) atoms. The average Bonchev–Trinajstić information content (AvgIpc) is 3.02. The average molecular weight is 223 g/mol. The first kappa shape index (κ1) is 9.34. The molecule has 1 fully saturated rings. The summed E-state index contributed by atoms with van der Waals surface area (Å²) in [6, 6.07) is 6.10. The molecule has 0 spiro atoms. The fraction of sp³-hybridized carbons (Fsp3) is 0.500. The highest BCUT2D eigenvalue weighted by Gasteiger charge is 2.27. The fourth-order valence-electron chi connectivity index (χ4n) is 2.21. The molecule has 1 aromatic rings. The Labute approximate surface area is 95.2 Å². The summed E-state index contributed by atoms with van der Waals surface area (Å²) in [5, 5.41) is 4.28. The van der Waals surface area contributed by atoms with Gasteiger partial charge in [-0.2, -0.15) is 0 Å². The van der Waals surface area contributed by atoms with E-state index in [9.17, 15) is 0 Å². The molecule has 2 aliphatic rings. The summed E-state index contributed by atoms with van der Waals surface area (Å²) >= 11 is 6.26. The van der Waals surface area contributed by atoms with E-state index in [1.165, 1.54) is 30.8 Å². The van der Waals surface area contributed by atoms with E-state index < -0.39 is 0 Å². The largest absolute Gasteiger partial charge is 0.382 e.